The Labute approximate surface area is 218 Å². The van der Waals surface area contributed by atoms with Gasteiger partial charge in [0.1, 0.15) is 13.2 Å². The Kier molecular flexibility index (Phi) is 7.57. The lowest BCUT2D eigenvalue weighted by atomic mass is 10.0. The van der Waals surface area contributed by atoms with Crippen molar-refractivity contribution in [1.82, 2.24) is 9.80 Å². The first-order valence-corrected chi connectivity index (χ1v) is 12.8. The zero-order valence-corrected chi connectivity index (χ0v) is 21.2. The molecule has 2 amide bonds. The normalized spacial score (nSPS) is 15.8. The number of halogens is 1. The number of para-hydroxylation sites is 1. The molecule has 0 saturated carbocycles. The summed E-state index contributed by atoms with van der Waals surface area (Å²) in [5, 5.41) is 1.99. The SMILES string of the molecule is COCCN(CC(=O)N1CCc2sccc2C1COc1ccccc1F)C(=O)c1ccc2c(c1)OCO2. The number of fused-ring (bicyclic) bond motifs is 2. The lowest BCUT2D eigenvalue weighted by Gasteiger charge is -2.37. The highest BCUT2D eigenvalue weighted by atomic mass is 32.1. The number of hydrogen-bond donors (Lipinski definition) is 0. The fourth-order valence-corrected chi connectivity index (χ4v) is 5.45. The van der Waals surface area contributed by atoms with E-state index >= 15 is 0 Å². The van der Waals surface area contributed by atoms with Gasteiger partial charge in [-0.1, -0.05) is 12.1 Å². The highest BCUT2D eigenvalue weighted by molar-refractivity contribution is 7.10. The molecule has 194 valence electrons. The second-order valence-electron chi connectivity index (χ2n) is 8.68. The molecule has 2 aliphatic heterocycles. The van der Waals surface area contributed by atoms with Gasteiger partial charge in [0.05, 0.1) is 12.6 Å². The number of thiophene rings is 1. The van der Waals surface area contributed by atoms with Gasteiger partial charge in [0.15, 0.2) is 23.1 Å². The van der Waals surface area contributed by atoms with Gasteiger partial charge in [-0.15, -0.1) is 11.3 Å². The van der Waals surface area contributed by atoms with Crippen LogP contribution in [0.3, 0.4) is 0 Å². The third kappa shape index (κ3) is 5.40. The summed E-state index contributed by atoms with van der Waals surface area (Å²) in [6.45, 7) is 1.07. The van der Waals surface area contributed by atoms with E-state index < -0.39 is 11.9 Å². The van der Waals surface area contributed by atoms with Crippen molar-refractivity contribution in [3.05, 3.63) is 75.7 Å². The topological polar surface area (TPSA) is 77.5 Å². The molecule has 3 heterocycles. The molecule has 1 aromatic heterocycles. The minimum Gasteiger partial charge on any atom is -0.488 e. The maximum absolute atomic E-state index is 14.2. The molecule has 0 spiro atoms. The average Bonchev–Trinajstić information content (AvgIpc) is 3.59. The van der Waals surface area contributed by atoms with Crippen LogP contribution >= 0.6 is 11.3 Å². The van der Waals surface area contributed by atoms with Crippen LogP contribution in [-0.2, 0) is 16.0 Å². The Bertz CT molecular complexity index is 1280. The Balaban J connectivity index is 1.34. The summed E-state index contributed by atoms with van der Waals surface area (Å²) < 4.78 is 35.9. The molecule has 1 atom stereocenters. The summed E-state index contributed by atoms with van der Waals surface area (Å²) in [7, 11) is 1.55. The van der Waals surface area contributed by atoms with Gasteiger partial charge in [-0.05, 0) is 53.8 Å². The van der Waals surface area contributed by atoms with Crippen LogP contribution in [0, 0.1) is 5.82 Å². The van der Waals surface area contributed by atoms with E-state index in [1.165, 1.54) is 15.8 Å². The molecule has 0 radical (unpaired) electrons. The fraction of sp³-hybridized carbons (Fsp3) is 0.333. The van der Waals surface area contributed by atoms with E-state index in [0.29, 0.717) is 30.0 Å². The Morgan fingerprint density at radius 1 is 1.16 bits per heavy atom. The number of methoxy groups -OCH3 is 1. The standard InChI is InChI=1S/C27H27FN2O6S/c1-33-12-11-29(27(32)18-6-7-23-24(14-18)36-17-35-23)15-26(31)30-10-8-25-19(9-13-37-25)21(30)16-34-22-5-3-2-4-20(22)28/h2-7,9,13-14,21H,8,10-12,15-17H2,1H3. The summed E-state index contributed by atoms with van der Waals surface area (Å²) >= 11 is 1.63. The molecule has 8 nitrogen and oxygen atoms in total. The first-order chi connectivity index (χ1) is 18.0. The van der Waals surface area contributed by atoms with Crippen molar-refractivity contribution in [2.24, 2.45) is 0 Å². The van der Waals surface area contributed by atoms with Gasteiger partial charge in [-0.25, -0.2) is 4.39 Å². The molecule has 0 bridgehead atoms. The summed E-state index contributed by atoms with van der Waals surface area (Å²) in [5.41, 5.74) is 1.39. The number of carbonyl (C=O) groups excluding carboxylic acids is 2. The molecule has 0 fully saturated rings. The van der Waals surface area contributed by atoms with E-state index in [9.17, 15) is 14.0 Å². The third-order valence-electron chi connectivity index (χ3n) is 6.45. The largest absolute Gasteiger partial charge is 0.488 e. The number of rotatable bonds is 9. The molecule has 10 heteroatoms. The Hall–Kier alpha value is -3.63. The van der Waals surface area contributed by atoms with Gasteiger partial charge < -0.3 is 28.7 Å². The quantitative estimate of drug-likeness (QED) is 0.421. The van der Waals surface area contributed by atoms with Crippen molar-refractivity contribution in [2.45, 2.75) is 12.5 Å². The first-order valence-electron chi connectivity index (χ1n) is 12.0. The molecule has 37 heavy (non-hydrogen) atoms. The monoisotopic (exact) mass is 526 g/mol. The third-order valence-corrected chi connectivity index (χ3v) is 7.44. The number of benzene rings is 2. The molecule has 0 N–H and O–H groups in total. The first kappa shape index (κ1) is 25.0. The molecule has 1 unspecified atom stereocenters. The highest BCUT2D eigenvalue weighted by Crippen LogP contribution is 2.35. The van der Waals surface area contributed by atoms with Crippen LogP contribution in [0.25, 0.3) is 0 Å². The van der Waals surface area contributed by atoms with Crippen LogP contribution in [0.5, 0.6) is 17.2 Å². The molecular formula is C27H27FN2O6S. The smallest absolute Gasteiger partial charge is 0.254 e. The van der Waals surface area contributed by atoms with Gasteiger partial charge in [0.25, 0.3) is 5.91 Å². The minimum atomic E-state index is -0.457. The maximum atomic E-state index is 14.2. The predicted molar refractivity (Wildman–Crippen MR) is 135 cm³/mol. The summed E-state index contributed by atoms with van der Waals surface area (Å²) in [6.07, 6.45) is 0.711. The van der Waals surface area contributed by atoms with Gasteiger partial charge in [-0.3, -0.25) is 9.59 Å². The van der Waals surface area contributed by atoms with E-state index in [1.54, 1.807) is 59.7 Å². The Morgan fingerprint density at radius 2 is 2.00 bits per heavy atom. The van der Waals surface area contributed by atoms with Gasteiger partial charge >= 0.3 is 0 Å². The highest BCUT2D eigenvalue weighted by Gasteiger charge is 2.34. The second-order valence-corrected chi connectivity index (χ2v) is 9.68. The van der Waals surface area contributed by atoms with Crippen molar-refractivity contribution < 1.29 is 32.9 Å². The zero-order chi connectivity index (χ0) is 25.8. The summed E-state index contributed by atoms with van der Waals surface area (Å²) in [5.74, 6) is 0.225. The van der Waals surface area contributed by atoms with E-state index in [2.05, 4.69) is 0 Å². The molecular weight excluding hydrogens is 499 g/mol. The molecule has 2 aliphatic rings. The number of hydrogen-bond acceptors (Lipinski definition) is 7. The number of nitrogens with zero attached hydrogens (tertiary/aromatic N) is 2. The molecule has 3 aromatic rings. The van der Waals surface area contributed by atoms with Crippen LogP contribution in [0.1, 0.15) is 26.8 Å². The van der Waals surface area contributed by atoms with Crippen molar-refractivity contribution in [3.63, 3.8) is 0 Å². The van der Waals surface area contributed by atoms with Gasteiger partial charge in [0, 0.05) is 30.6 Å². The van der Waals surface area contributed by atoms with Gasteiger partial charge in [-0.2, -0.15) is 0 Å². The van der Waals surface area contributed by atoms with Crippen molar-refractivity contribution in [3.8, 4) is 17.2 Å². The molecule has 2 aromatic carbocycles. The van der Waals surface area contributed by atoms with Crippen LogP contribution in [0.15, 0.2) is 53.9 Å². The van der Waals surface area contributed by atoms with Crippen LogP contribution in [0.2, 0.25) is 0 Å². The van der Waals surface area contributed by atoms with E-state index in [4.69, 9.17) is 18.9 Å². The van der Waals surface area contributed by atoms with Gasteiger partial charge in [0.2, 0.25) is 12.7 Å². The van der Waals surface area contributed by atoms with Crippen molar-refractivity contribution >= 4 is 23.2 Å². The summed E-state index contributed by atoms with van der Waals surface area (Å²) in [6, 6.07) is 12.8. The number of ether oxygens (including phenoxy) is 4. The number of carbonyl (C=O) groups is 2. The summed E-state index contributed by atoms with van der Waals surface area (Å²) in [4.78, 5) is 31.4. The molecule has 5 rings (SSSR count). The van der Waals surface area contributed by atoms with E-state index in [1.807, 2.05) is 11.4 Å². The second kappa shape index (κ2) is 11.2. The minimum absolute atomic E-state index is 0.102. The molecule has 0 aliphatic carbocycles. The number of amides is 2. The fourth-order valence-electron chi connectivity index (χ4n) is 4.53. The van der Waals surface area contributed by atoms with Crippen molar-refractivity contribution in [1.29, 1.82) is 0 Å². The van der Waals surface area contributed by atoms with Crippen LogP contribution in [0.4, 0.5) is 4.39 Å². The lowest BCUT2D eigenvalue weighted by Crippen LogP contribution is -2.48. The predicted octanol–water partition coefficient (Wildman–Crippen LogP) is 3.91. The maximum Gasteiger partial charge on any atom is 0.254 e. The average molecular weight is 527 g/mol. The van der Waals surface area contributed by atoms with Crippen LogP contribution in [-0.4, -0.2) is 68.4 Å². The molecule has 0 saturated heterocycles. The van der Waals surface area contributed by atoms with Crippen molar-refractivity contribution in [2.75, 3.05) is 46.8 Å². The Morgan fingerprint density at radius 3 is 2.84 bits per heavy atom. The zero-order valence-electron chi connectivity index (χ0n) is 20.4. The van der Waals surface area contributed by atoms with Crippen LogP contribution < -0.4 is 14.2 Å². The van der Waals surface area contributed by atoms with E-state index in [0.717, 1.165) is 5.56 Å². The lowest BCUT2D eigenvalue weighted by molar-refractivity contribution is -0.135. The van der Waals surface area contributed by atoms with E-state index in [-0.39, 0.29) is 50.7 Å².